The third-order valence-corrected chi connectivity index (χ3v) is 7.79. The van der Waals surface area contributed by atoms with Gasteiger partial charge in [-0.3, -0.25) is 4.79 Å². The third kappa shape index (κ3) is 3.48. The lowest BCUT2D eigenvalue weighted by atomic mass is 10.0. The van der Waals surface area contributed by atoms with E-state index in [9.17, 15) is 18.3 Å². The molecule has 1 aromatic heterocycles. The Balaban J connectivity index is 1.49. The minimum absolute atomic E-state index is 0.207. The van der Waals surface area contributed by atoms with Crippen LogP contribution in [0.15, 0.2) is 78.9 Å². The first kappa shape index (κ1) is 19.7. The van der Waals surface area contributed by atoms with Crippen molar-refractivity contribution in [1.82, 2.24) is 4.72 Å². The molecule has 2 heterocycles. The molecular formula is C23H18N2O4S2. The molecule has 0 saturated heterocycles. The SMILES string of the molecule is O=C1NS(=O)(=O)N(CC(O)c2ccc(-c3ccccc3)cc2)c2c1sc1ccccc21. The van der Waals surface area contributed by atoms with Gasteiger partial charge in [-0.15, -0.1) is 11.3 Å². The van der Waals surface area contributed by atoms with Crippen LogP contribution in [-0.4, -0.2) is 26.0 Å². The number of nitrogens with zero attached hydrogens (tertiary/aromatic N) is 1. The van der Waals surface area contributed by atoms with Crippen molar-refractivity contribution in [3.63, 3.8) is 0 Å². The molecule has 1 aliphatic rings. The van der Waals surface area contributed by atoms with Crippen LogP contribution in [0.2, 0.25) is 0 Å². The smallest absolute Gasteiger partial charge is 0.326 e. The van der Waals surface area contributed by atoms with Gasteiger partial charge in [0.1, 0.15) is 4.88 Å². The Morgan fingerprint density at radius 2 is 1.55 bits per heavy atom. The zero-order chi connectivity index (χ0) is 21.6. The number of hydrogen-bond donors (Lipinski definition) is 2. The van der Waals surface area contributed by atoms with Crippen molar-refractivity contribution in [2.24, 2.45) is 0 Å². The fraction of sp³-hybridized carbons (Fsp3) is 0.0870. The average molecular weight is 451 g/mol. The number of nitrogens with one attached hydrogen (secondary N) is 1. The van der Waals surface area contributed by atoms with E-state index in [1.165, 1.54) is 11.3 Å². The fourth-order valence-electron chi connectivity index (χ4n) is 3.75. The number of rotatable bonds is 4. The lowest BCUT2D eigenvalue weighted by Gasteiger charge is -2.30. The standard InChI is InChI=1S/C23H18N2O4S2/c26-19(17-12-10-16(11-13-17)15-6-2-1-3-7-15)14-25-21-18-8-4-5-9-20(18)30-22(21)23(27)24-31(25,28)29/h1-13,19,26H,14H2,(H,24,27). The van der Waals surface area contributed by atoms with Crippen molar-refractivity contribution in [3.8, 4) is 11.1 Å². The molecule has 1 amide bonds. The monoisotopic (exact) mass is 450 g/mol. The molecule has 3 aromatic carbocycles. The van der Waals surface area contributed by atoms with E-state index in [0.717, 1.165) is 20.1 Å². The minimum Gasteiger partial charge on any atom is -0.387 e. The van der Waals surface area contributed by atoms with Crippen LogP contribution < -0.4 is 9.03 Å². The second-order valence-electron chi connectivity index (χ2n) is 7.25. The molecule has 1 unspecified atom stereocenters. The molecule has 156 valence electrons. The summed E-state index contributed by atoms with van der Waals surface area (Å²) >= 11 is 1.24. The number of β-amino-alcohol motifs (C(OH)–C–C–N with tert-alkyl or cyclic N) is 1. The van der Waals surface area contributed by atoms with Gasteiger partial charge in [0.2, 0.25) is 0 Å². The molecule has 0 aliphatic carbocycles. The zero-order valence-corrected chi connectivity index (χ0v) is 17.9. The van der Waals surface area contributed by atoms with E-state index >= 15 is 0 Å². The highest BCUT2D eigenvalue weighted by Crippen LogP contribution is 2.42. The second-order valence-corrected chi connectivity index (χ2v) is 9.89. The van der Waals surface area contributed by atoms with Gasteiger partial charge in [0, 0.05) is 10.1 Å². The Morgan fingerprint density at radius 1 is 0.903 bits per heavy atom. The molecule has 0 bridgehead atoms. The van der Waals surface area contributed by atoms with Crippen molar-refractivity contribution in [2.75, 3.05) is 10.8 Å². The Labute approximate surface area is 183 Å². The molecule has 6 nitrogen and oxygen atoms in total. The number of anilines is 1. The highest BCUT2D eigenvalue weighted by Gasteiger charge is 2.38. The summed E-state index contributed by atoms with van der Waals surface area (Å²) in [6.07, 6.45) is -1.07. The first-order chi connectivity index (χ1) is 14.9. The van der Waals surface area contributed by atoms with Crippen molar-refractivity contribution in [2.45, 2.75) is 6.10 Å². The maximum Gasteiger partial charge on any atom is 0.326 e. The van der Waals surface area contributed by atoms with Gasteiger partial charge in [-0.25, -0.2) is 9.03 Å². The molecule has 31 heavy (non-hydrogen) atoms. The lowest BCUT2D eigenvalue weighted by molar-refractivity contribution is 0.0983. The Kier molecular flexibility index (Phi) is 4.77. The summed E-state index contributed by atoms with van der Waals surface area (Å²) in [4.78, 5) is 12.7. The van der Waals surface area contributed by atoms with Gasteiger partial charge in [0.05, 0.1) is 18.3 Å². The van der Waals surface area contributed by atoms with Gasteiger partial charge in [-0.05, 0) is 22.8 Å². The van der Waals surface area contributed by atoms with Crippen LogP contribution in [0.5, 0.6) is 0 Å². The Bertz CT molecular complexity index is 1380. The van der Waals surface area contributed by atoms with Gasteiger partial charge >= 0.3 is 10.2 Å². The first-order valence-electron chi connectivity index (χ1n) is 9.64. The van der Waals surface area contributed by atoms with Crippen molar-refractivity contribution < 1.29 is 18.3 Å². The number of aliphatic hydroxyl groups excluding tert-OH is 1. The van der Waals surface area contributed by atoms with Crippen molar-refractivity contribution >= 4 is 43.2 Å². The van der Waals surface area contributed by atoms with Crippen LogP contribution in [0.1, 0.15) is 21.3 Å². The van der Waals surface area contributed by atoms with Gasteiger partial charge in [0.15, 0.2) is 0 Å². The summed E-state index contributed by atoms with van der Waals surface area (Å²) < 4.78 is 29.6. The van der Waals surface area contributed by atoms with E-state index < -0.39 is 22.2 Å². The Hall–Kier alpha value is -3.20. The number of hydrogen-bond acceptors (Lipinski definition) is 5. The van der Waals surface area contributed by atoms with Gasteiger partial charge in [0.25, 0.3) is 5.91 Å². The van der Waals surface area contributed by atoms with E-state index in [-0.39, 0.29) is 6.54 Å². The van der Waals surface area contributed by atoms with Crippen LogP contribution in [-0.2, 0) is 10.2 Å². The van der Waals surface area contributed by atoms with E-state index in [1.807, 2.05) is 54.6 Å². The number of carbonyl (C=O) groups is 1. The summed E-state index contributed by atoms with van der Waals surface area (Å²) in [5.74, 6) is -0.644. The van der Waals surface area contributed by atoms with Gasteiger partial charge in [-0.1, -0.05) is 72.8 Å². The molecule has 0 radical (unpaired) electrons. The average Bonchev–Trinajstić information content (AvgIpc) is 3.17. The highest BCUT2D eigenvalue weighted by molar-refractivity contribution is 7.91. The van der Waals surface area contributed by atoms with E-state index in [2.05, 4.69) is 4.72 Å². The van der Waals surface area contributed by atoms with Gasteiger partial charge in [-0.2, -0.15) is 8.42 Å². The summed E-state index contributed by atoms with van der Waals surface area (Å²) in [7, 11) is -4.12. The molecule has 8 heteroatoms. The number of thiophene rings is 1. The van der Waals surface area contributed by atoms with Crippen molar-refractivity contribution in [1.29, 1.82) is 0 Å². The molecule has 2 N–H and O–H groups in total. The molecule has 1 aliphatic heterocycles. The van der Waals surface area contributed by atoms with Crippen LogP contribution in [0, 0.1) is 0 Å². The Morgan fingerprint density at radius 3 is 2.29 bits per heavy atom. The summed E-state index contributed by atoms with van der Waals surface area (Å²) in [6, 6.07) is 24.5. The number of fused-ring (bicyclic) bond motifs is 3. The van der Waals surface area contributed by atoms with Crippen LogP contribution in [0.4, 0.5) is 5.69 Å². The molecule has 0 spiro atoms. The van der Waals surface area contributed by atoms with Gasteiger partial charge < -0.3 is 5.11 Å². The maximum atomic E-state index is 12.8. The predicted molar refractivity (Wildman–Crippen MR) is 122 cm³/mol. The normalized spacial score (nSPS) is 16.0. The summed E-state index contributed by atoms with van der Waals surface area (Å²) in [5, 5.41) is 11.5. The minimum atomic E-state index is -4.12. The number of amides is 1. The quantitative estimate of drug-likeness (QED) is 0.490. The third-order valence-electron chi connectivity index (χ3n) is 5.28. The second kappa shape index (κ2) is 7.49. The molecular weight excluding hydrogens is 432 g/mol. The molecule has 1 atom stereocenters. The predicted octanol–water partition coefficient (Wildman–Crippen LogP) is 4.10. The molecule has 4 aromatic rings. The fourth-order valence-corrected chi connectivity index (χ4v) is 6.19. The molecule has 5 rings (SSSR count). The topological polar surface area (TPSA) is 86.7 Å². The lowest BCUT2D eigenvalue weighted by Crippen LogP contribution is -2.49. The van der Waals surface area contributed by atoms with Crippen LogP contribution in [0.25, 0.3) is 21.2 Å². The summed E-state index contributed by atoms with van der Waals surface area (Å²) in [5.41, 5.74) is 2.97. The van der Waals surface area contributed by atoms with Crippen LogP contribution >= 0.6 is 11.3 Å². The van der Waals surface area contributed by atoms with Crippen molar-refractivity contribution in [3.05, 3.63) is 89.3 Å². The zero-order valence-electron chi connectivity index (χ0n) is 16.2. The van der Waals surface area contributed by atoms with Crippen LogP contribution in [0.3, 0.4) is 0 Å². The first-order valence-corrected chi connectivity index (χ1v) is 11.9. The number of aliphatic hydroxyl groups is 1. The summed E-state index contributed by atoms with van der Waals surface area (Å²) in [6.45, 7) is -0.207. The number of carbonyl (C=O) groups excluding carboxylic acids is 1. The maximum absolute atomic E-state index is 12.8. The number of benzene rings is 3. The molecule has 0 fully saturated rings. The highest BCUT2D eigenvalue weighted by atomic mass is 32.2. The van der Waals surface area contributed by atoms with E-state index in [1.54, 1.807) is 24.3 Å². The largest absolute Gasteiger partial charge is 0.387 e. The van der Waals surface area contributed by atoms with E-state index in [0.29, 0.717) is 21.5 Å². The molecule has 0 saturated carbocycles. The van der Waals surface area contributed by atoms with E-state index in [4.69, 9.17) is 0 Å².